The zero-order chi connectivity index (χ0) is 23.7. The molecule has 12 heteroatoms. The zero-order valence-electron chi connectivity index (χ0n) is 15.6. The molecule has 2 aromatic carbocycles. The Hall–Kier alpha value is -2.60. The molecule has 0 bridgehead atoms. The van der Waals surface area contributed by atoms with Crippen molar-refractivity contribution in [3.8, 4) is 0 Å². The van der Waals surface area contributed by atoms with Crippen molar-refractivity contribution in [2.75, 3.05) is 0 Å². The van der Waals surface area contributed by atoms with Crippen molar-refractivity contribution in [2.24, 2.45) is 0 Å². The molecule has 0 spiro atoms. The third kappa shape index (κ3) is 5.18. The number of sulfone groups is 2. The summed E-state index contributed by atoms with van der Waals surface area (Å²) in [4.78, 5) is 0. The molecule has 2 rings (SSSR count). The van der Waals surface area contributed by atoms with Crippen molar-refractivity contribution >= 4 is 25.2 Å². The Morgan fingerprint density at radius 2 is 1.19 bits per heavy atom. The van der Waals surface area contributed by atoms with Gasteiger partial charge >= 0.3 is 11.0 Å². The summed E-state index contributed by atoms with van der Waals surface area (Å²) in [5.41, 5.74) is -11.2. The van der Waals surface area contributed by atoms with Crippen molar-refractivity contribution in [2.45, 2.75) is 17.9 Å². The van der Waals surface area contributed by atoms with Gasteiger partial charge in [0.1, 0.15) is 0 Å². The Bertz CT molecular complexity index is 1180. The first-order valence-electron chi connectivity index (χ1n) is 8.26. The first-order chi connectivity index (χ1) is 14.1. The van der Waals surface area contributed by atoms with E-state index in [1.165, 1.54) is 30.3 Å². The van der Waals surface area contributed by atoms with Crippen LogP contribution in [0.15, 0.2) is 71.0 Å². The summed E-state index contributed by atoms with van der Waals surface area (Å²) in [7, 11) is -13.7. The minimum atomic E-state index is -6.84. The van der Waals surface area contributed by atoms with Crippen LogP contribution in [-0.4, -0.2) is 27.9 Å². The molecule has 0 fully saturated rings. The highest BCUT2D eigenvalue weighted by atomic mass is 32.3. The van der Waals surface area contributed by atoms with E-state index in [0.29, 0.717) is 22.8 Å². The van der Waals surface area contributed by atoms with E-state index < -0.39 is 34.9 Å². The highest BCUT2D eigenvalue weighted by Gasteiger charge is 2.59. The molecule has 0 unspecified atom stereocenters. The van der Waals surface area contributed by atoms with Crippen LogP contribution in [0.1, 0.15) is 16.7 Å². The van der Waals surface area contributed by atoms with Gasteiger partial charge in [0.15, 0.2) is 4.24 Å². The van der Waals surface area contributed by atoms with Gasteiger partial charge in [0, 0.05) is 0 Å². The maximum absolute atomic E-state index is 12.9. The number of allylic oxidation sites excluding steroid dienone is 2. The largest absolute Gasteiger partial charge is 0.502 e. The van der Waals surface area contributed by atoms with E-state index in [0.717, 1.165) is 0 Å². The van der Waals surface area contributed by atoms with Crippen molar-refractivity contribution in [3.05, 3.63) is 87.7 Å². The molecule has 0 heterocycles. The number of halogens is 6. The molecule has 0 aliphatic rings. The van der Waals surface area contributed by atoms with E-state index in [1.54, 1.807) is 31.2 Å². The van der Waals surface area contributed by atoms with Gasteiger partial charge in [0.2, 0.25) is 0 Å². The van der Waals surface area contributed by atoms with E-state index in [1.807, 2.05) is 0 Å². The Morgan fingerprint density at radius 3 is 1.65 bits per heavy atom. The van der Waals surface area contributed by atoms with Gasteiger partial charge in [-0.15, -0.1) is 0 Å². The Morgan fingerprint density at radius 1 is 0.710 bits per heavy atom. The van der Waals surface area contributed by atoms with Gasteiger partial charge in [0.05, 0.1) is 0 Å². The second kappa shape index (κ2) is 8.50. The molecule has 0 saturated heterocycles. The van der Waals surface area contributed by atoms with Gasteiger partial charge in [-0.3, -0.25) is 0 Å². The number of hydrogen-bond donors (Lipinski definition) is 0. The number of alkyl halides is 6. The Kier molecular flexibility index (Phi) is 6.76. The van der Waals surface area contributed by atoms with Crippen molar-refractivity contribution in [3.63, 3.8) is 0 Å². The zero-order valence-corrected chi connectivity index (χ0v) is 17.2. The van der Waals surface area contributed by atoms with Crippen LogP contribution in [0, 0.1) is 6.92 Å². The molecular formula is C19H14F6O4S2. The summed E-state index contributed by atoms with van der Waals surface area (Å²) in [6.07, 6.45) is 0.419. The lowest BCUT2D eigenvalue weighted by molar-refractivity contribution is -0.0444. The number of aryl methyl sites for hydroxylation is 1. The van der Waals surface area contributed by atoms with Gasteiger partial charge in [0.25, 0.3) is 19.7 Å². The van der Waals surface area contributed by atoms with Crippen LogP contribution in [0.4, 0.5) is 26.3 Å². The number of rotatable bonds is 5. The fourth-order valence-electron chi connectivity index (χ4n) is 2.49. The van der Waals surface area contributed by atoms with E-state index in [9.17, 15) is 43.2 Å². The summed E-state index contributed by atoms with van der Waals surface area (Å²) in [6.45, 7) is 1.68. The van der Waals surface area contributed by atoms with Crippen LogP contribution in [0.3, 0.4) is 0 Å². The Balaban J connectivity index is 2.88. The van der Waals surface area contributed by atoms with Gasteiger partial charge in [-0.25, -0.2) is 16.8 Å². The summed E-state index contributed by atoms with van der Waals surface area (Å²) in [5.74, 6) is 0. The van der Waals surface area contributed by atoms with Crippen LogP contribution in [0.25, 0.3) is 5.57 Å². The first-order valence-corrected chi connectivity index (χ1v) is 11.2. The lowest BCUT2D eigenvalue weighted by atomic mass is 9.96. The Labute approximate surface area is 174 Å². The van der Waals surface area contributed by atoms with Crippen LogP contribution in [0.5, 0.6) is 0 Å². The molecule has 168 valence electrons. The molecular weight excluding hydrogens is 470 g/mol. The van der Waals surface area contributed by atoms with E-state index in [-0.39, 0.29) is 11.6 Å². The van der Waals surface area contributed by atoms with E-state index in [4.69, 9.17) is 0 Å². The van der Waals surface area contributed by atoms with Gasteiger partial charge in [-0.2, -0.15) is 26.3 Å². The smallest absolute Gasteiger partial charge is 0.214 e. The normalized spacial score (nSPS) is 13.7. The standard InChI is InChI=1S/C19H14F6O4S2/c1-13-6-5-9-15(12-13)16(14-7-3-2-4-8-14)10-11-17(30(26,27)18(20,21)22)31(28,29)19(23,24)25/h2-12H,1H3/b16-10-. The summed E-state index contributed by atoms with van der Waals surface area (Å²) < 4.78 is 122. The van der Waals surface area contributed by atoms with Crippen LogP contribution in [-0.2, 0) is 19.7 Å². The van der Waals surface area contributed by atoms with Crippen molar-refractivity contribution in [1.29, 1.82) is 0 Å². The quantitative estimate of drug-likeness (QED) is 0.436. The summed E-state index contributed by atoms with van der Waals surface area (Å²) in [5, 5.41) is 0. The molecule has 0 N–H and O–H groups in total. The average Bonchev–Trinajstić information content (AvgIpc) is 2.63. The van der Waals surface area contributed by atoms with Gasteiger partial charge < -0.3 is 0 Å². The lowest BCUT2D eigenvalue weighted by Crippen LogP contribution is -2.34. The highest BCUT2D eigenvalue weighted by Crippen LogP contribution is 2.39. The highest BCUT2D eigenvalue weighted by molar-refractivity contribution is 8.15. The predicted octanol–water partition coefficient (Wildman–Crippen LogP) is 5.14. The second-order valence-electron chi connectivity index (χ2n) is 6.20. The van der Waals surface area contributed by atoms with Crippen LogP contribution < -0.4 is 0 Å². The molecule has 0 aliphatic carbocycles. The van der Waals surface area contributed by atoms with Crippen LogP contribution in [0.2, 0.25) is 0 Å². The second-order valence-corrected chi connectivity index (χ2v) is 10.3. The molecule has 0 amide bonds. The number of benzene rings is 2. The van der Waals surface area contributed by atoms with Crippen molar-refractivity contribution in [1.82, 2.24) is 0 Å². The van der Waals surface area contributed by atoms with Crippen LogP contribution >= 0.6 is 0 Å². The topological polar surface area (TPSA) is 68.3 Å². The molecule has 0 atom stereocenters. The monoisotopic (exact) mass is 484 g/mol. The number of hydrogen-bond acceptors (Lipinski definition) is 4. The SMILES string of the molecule is Cc1cccc(/C(=C\C=C(S(=O)(=O)C(F)(F)F)S(=O)(=O)C(F)(F)F)c2ccccc2)c1. The average molecular weight is 484 g/mol. The minimum absolute atomic E-state index is 0.0107. The first kappa shape index (κ1) is 24.7. The third-order valence-electron chi connectivity index (χ3n) is 3.94. The molecule has 0 aromatic heterocycles. The third-order valence-corrected chi connectivity index (χ3v) is 7.81. The molecule has 31 heavy (non-hydrogen) atoms. The predicted molar refractivity (Wildman–Crippen MR) is 103 cm³/mol. The summed E-state index contributed by atoms with van der Waals surface area (Å²) in [6, 6.07) is 13.9. The van der Waals surface area contributed by atoms with E-state index in [2.05, 4.69) is 0 Å². The van der Waals surface area contributed by atoms with E-state index >= 15 is 0 Å². The fourth-order valence-corrected chi connectivity index (χ4v) is 5.17. The maximum atomic E-state index is 12.9. The van der Waals surface area contributed by atoms with Crippen molar-refractivity contribution < 1.29 is 43.2 Å². The minimum Gasteiger partial charge on any atom is -0.214 e. The lowest BCUT2D eigenvalue weighted by Gasteiger charge is -2.14. The van der Waals surface area contributed by atoms with Gasteiger partial charge in [-0.05, 0) is 29.7 Å². The van der Waals surface area contributed by atoms with Gasteiger partial charge in [-0.1, -0.05) is 66.2 Å². The molecule has 0 radical (unpaired) electrons. The fraction of sp³-hybridized carbons (Fsp3) is 0.158. The maximum Gasteiger partial charge on any atom is 0.502 e. The summed E-state index contributed by atoms with van der Waals surface area (Å²) >= 11 is 0. The molecule has 0 saturated carbocycles. The molecule has 4 nitrogen and oxygen atoms in total. The molecule has 0 aliphatic heterocycles. The molecule has 2 aromatic rings.